The fourth-order valence-corrected chi connectivity index (χ4v) is 4.26. The van der Waals surface area contributed by atoms with Crippen LogP contribution in [-0.4, -0.2) is 20.3 Å². The smallest absolute Gasteiger partial charge is 0.339 e. The van der Waals surface area contributed by atoms with Crippen molar-refractivity contribution in [2.24, 2.45) is 0 Å². The average Bonchev–Trinajstić information content (AvgIpc) is 3.05. The quantitative estimate of drug-likeness (QED) is 0.567. The van der Waals surface area contributed by atoms with Crippen LogP contribution in [0.2, 0.25) is 0 Å². The van der Waals surface area contributed by atoms with Crippen molar-refractivity contribution < 1.29 is 27.1 Å². The van der Waals surface area contributed by atoms with Crippen molar-refractivity contribution in [3.05, 3.63) is 89.7 Å². The maximum absolute atomic E-state index is 13.0. The number of cyclic esters (lactones) is 1. The van der Waals surface area contributed by atoms with Crippen LogP contribution in [0, 0.1) is 5.82 Å². The van der Waals surface area contributed by atoms with E-state index in [1.807, 2.05) is 0 Å². The predicted molar refractivity (Wildman–Crippen MR) is 111 cm³/mol. The summed E-state index contributed by atoms with van der Waals surface area (Å²) in [5, 5.41) is 2.69. The van der Waals surface area contributed by atoms with E-state index in [9.17, 15) is 22.4 Å². The van der Waals surface area contributed by atoms with Gasteiger partial charge in [-0.2, -0.15) is 0 Å². The maximum atomic E-state index is 13.0. The topological polar surface area (TPSA) is 102 Å². The van der Waals surface area contributed by atoms with Crippen molar-refractivity contribution in [1.82, 2.24) is 0 Å². The number of benzene rings is 3. The van der Waals surface area contributed by atoms with Gasteiger partial charge in [-0.05, 0) is 54.6 Å². The summed E-state index contributed by atoms with van der Waals surface area (Å²) in [5.41, 5.74) is 1.86. The van der Waals surface area contributed by atoms with E-state index >= 15 is 0 Å². The SMILES string of the molecule is O=C(C[C@H]1OC(=O)c2ccccc21)Nc1ccc(NS(=O)(=O)c2ccc(F)cc2)cc1. The van der Waals surface area contributed by atoms with Crippen LogP contribution >= 0.6 is 0 Å². The molecule has 0 aromatic heterocycles. The van der Waals surface area contributed by atoms with Crippen LogP contribution < -0.4 is 10.0 Å². The molecule has 0 unspecified atom stereocenters. The lowest BCUT2D eigenvalue weighted by atomic mass is 10.0. The molecule has 0 spiro atoms. The Balaban J connectivity index is 1.38. The van der Waals surface area contributed by atoms with Crippen molar-refractivity contribution in [3.63, 3.8) is 0 Å². The number of hydrogen-bond donors (Lipinski definition) is 2. The van der Waals surface area contributed by atoms with Crippen LogP contribution in [0.5, 0.6) is 0 Å². The van der Waals surface area contributed by atoms with Crippen molar-refractivity contribution in [2.45, 2.75) is 17.4 Å². The summed E-state index contributed by atoms with van der Waals surface area (Å²) in [6.45, 7) is 0. The zero-order valence-corrected chi connectivity index (χ0v) is 16.9. The molecule has 1 amide bonds. The van der Waals surface area contributed by atoms with E-state index in [2.05, 4.69) is 10.0 Å². The Kier molecular flexibility index (Phi) is 5.43. The van der Waals surface area contributed by atoms with E-state index in [1.54, 1.807) is 24.3 Å². The van der Waals surface area contributed by atoms with Gasteiger partial charge in [0.25, 0.3) is 10.0 Å². The van der Waals surface area contributed by atoms with Crippen molar-refractivity contribution in [1.29, 1.82) is 0 Å². The molecular formula is C22H17FN2O5S. The molecule has 3 aromatic carbocycles. The highest BCUT2D eigenvalue weighted by atomic mass is 32.2. The lowest BCUT2D eigenvalue weighted by Crippen LogP contribution is -2.16. The normalized spacial score (nSPS) is 15.1. The van der Waals surface area contributed by atoms with Crippen molar-refractivity contribution >= 4 is 33.3 Å². The van der Waals surface area contributed by atoms with Crippen LogP contribution in [0.1, 0.15) is 28.4 Å². The van der Waals surface area contributed by atoms with E-state index in [4.69, 9.17) is 4.74 Å². The molecule has 9 heteroatoms. The summed E-state index contributed by atoms with van der Waals surface area (Å²) < 4.78 is 45.4. The first-order valence-electron chi connectivity index (χ1n) is 9.30. The summed E-state index contributed by atoms with van der Waals surface area (Å²) >= 11 is 0. The Morgan fingerprint density at radius 2 is 1.58 bits per heavy atom. The van der Waals surface area contributed by atoms with E-state index < -0.39 is 27.9 Å². The van der Waals surface area contributed by atoms with Gasteiger partial charge in [-0.25, -0.2) is 17.6 Å². The summed E-state index contributed by atoms with van der Waals surface area (Å²) in [5.74, 6) is -1.34. The van der Waals surface area contributed by atoms with E-state index in [1.165, 1.54) is 36.4 Å². The van der Waals surface area contributed by atoms with Gasteiger partial charge in [0.1, 0.15) is 11.9 Å². The highest BCUT2D eigenvalue weighted by molar-refractivity contribution is 7.92. The molecule has 4 rings (SSSR count). The lowest BCUT2D eigenvalue weighted by molar-refractivity contribution is -0.118. The van der Waals surface area contributed by atoms with Crippen LogP contribution in [0.4, 0.5) is 15.8 Å². The highest BCUT2D eigenvalue weighted by Crippen LogP contribution is 2.33. The summed E-state index contributed by atoms with van der Waals surface area (Å²) in [4.78, 5) is 24.2. The molecular weight excluding hydrogens is 423 g/mol. The number of nitrogens with one attached hydrogen (secondary N) is 2. The molecule has 0 saturated heterocycles. The summed E-state index contributed by atoms with van der Waals surface area (Å²) in [7, 11) is -3.87. The second kappa shape index (κ2) is 8.19. The number of esters is 1. The zero-order valence-electron chi connectivity index (χ0n) is 16.0. The number of fused-ring (bicyclic) bond motifs is 1. The third-order valence-electron chi connectivity index (χ3n) is 4.69. The molecule has 31 heavy (non-hydrogen) atoms. The molecule has 158 valence electrons. The number of carbonyl (C=O) groups is 2. The highest BCUT2D eigenvalue weighted by Gasteiger charge is 2.32. The minimum absolute atomic E-state index is 0.0400. The largest absolute Gasteiger partial charge is 0.453 e. The fraction of sp³-hybridized carbons (Fsp3) is 0.0909. The Morgan fingerprint density at radius 3 is 2.29 bits per heavy atom. The molecule has 0 bridgehead atoms. The first-order valence-corrected chi connectivity index (χ1v) is 10.8. The molecule has 0 radical (unpaired) electrons. The molecule has 7 nitrogen and oxygen atoms in total. The number of rotatable bonds is 6. The van der Waals surface area contributed by atoms with E-state index in [-0.39, 0.29) is 22.9 Å². The molecule has 1 aliphatic heterocycles. The number of sulfonamides is 1. The van der Waals surface area contributed by atoms with Crippen molar-refractivity contribution in [3.8, 4) is 0 Å². The zero-order chi connectivity index (χ0) is 22.0. The van der Waals surface area contributed by atoms with E-state index in [0.717, 1.165) is 12.1 Å². The number of carbonyl (C=O) groups excluding carboxylic acids is 2. The summed E-state index contributed by atoms with van der Waals surface area (Å²) in [6, 6.07) is 17.4. The maximum Gasteiger partial charge on any atom is 0.339 e. The third kappa shape index (κ3) is 4.56. The minimum Gasteiger partial charge on any atom is -0.453 e. The number of amides is 1. The molecule has 0 fully saturated rings. The van der Waals surface area contributed by atoms with E-state index in [0.29, 0.717) is 16.8 Å². The van der Waals surface area contributed by atoms with Gasteiger partial charge in [0.2, 0.25) is 5.91 Å². The number of anilines is 2. The minimum atomic E-state index is -3.87. The van der Waals surface area contributed by atoms with Gasteiger partial charge in [0.15, 0.2) is 0 Å². The van der Waals surface area contributed by atoms with Crippen LogP contribution in [0.25, 0.3) is 0 Å². The van der Waals surface area contributed by atoms with Gasteiger partial charge < -0.3 is 10.1 Å². The Hall–Kier alpha value is -3.72. The molecule has 3 aromatic rings. The fourth-order valence-electron chi connectivity index (χ4n) is 3.20. The third-order valence-corrected chi connectivity index (χ3v) is 6.09. The van der Waals surface area contributed by atoms with Gasteiger partial charge in [-0.3, -0.25) is 9.52 Å². The molecule has 1 aliphatic rings. The molecule has 2 N–H and O–H groups in total. The first-order chi connectivity index (χ1) is 14.8. The Morgan fingerprint density at radius 1 is 0.935 bits per heavy atom. The number of ether oxygens (including phenoxy) is 1. The van der Waals surface area contributed by atoms with Crippen LogP contribution in [0.3, 0.4) is 0 Å². The number of hydrogen-bond acceptors (Lipinski definition) is 5. The first kappa shape index (κ1) is 20.5. The number of halogens is 1. The second-order valence-corrected chi connectivity index (χ2v) is 8.55. The molecule has 0 saturated carbocycles. The Labute approximate surface area is 177 Å². The van der Waals surface area contributed by atoms with Crippen LogP contribution in [-0.2, 0) is 19.6 Å². The monoisotopic (exact) mass is 440 g/mol. The van der Waals surface area contributed by atoms with Crippen molar-refractivity contribution in [2.75, 3.05) is 10.0 Å². The summed E-state index contributed by atoms with van der Waals surface area (Å²) in [6.07, 6.45) is -0.688. The molecule has 1 heterocycles. The van der Waals surface area contributed by atoms with Gasteiger partial charge in [0, 0.05) is 16.9 Å². The second-order valence-electron chi connectivity index (χ2n) is 6.87. The van der Waals surface area contributed by atoms with Gasteiger partial charge in [-0.1, -0.05) is 18.2 Å². The predicted octanol–water partition coefficient (Wildman–Crippen LogP) is 3.87. The van der Waals surface area contributed by atoms with Gasteiger partial charge >= 0.3 is 5.97 Å². The Bertz CT molecular complexity index is 1240. The molecule has 1 atom stereocenters. The van der Waals surface area contributed by atoms with Gasteiger partial charge in [-0.15, -0.1) is 0 Å². The standard InChI is InChI=1S/C22H17FN2O5S/c23-14-5-11-17(12-6-14)31(28,29)25-16-9-7-15(8-10-16)24-21(26)13-20-18-3-1-2-4-19(18)22(27)30-20/h1-12,20,25H,13H2,(H,24,26)/t20-/m1/s1. The van der Waals surface area contributed by atoms with Crippen LogP contribution in [0.15, 0.2) is 77.7 Å². The van der Waals surface area contributed by atoms with Gasteiger partial charge in [0.05, 0.1) is 16.9 Å². The molecule has 0 aliphatic carbocycles. The lowest BCUT2D eigenvalue weighted by Gasteiger charge is -2.12. The average molecular weight is 440 g/mol.